The minimum atomic E-state index is -0.0345. The predicted octanol–water partition coefficient (Wildman–Crippen LogP) is 2.69. The van der Waals surface area contributed by atoms with Crippen LogP contribution >= 0.6 is 0 Å². The maximum absolute atomic E-state index is 5.89. The number of hydrogen-bond donors (Lipinski definition) is 1. The molecular formula is C15H15N3O. The zero-order valence-corrected chi connectivity index (χ0v) is 10.4. The van der Waals surface area contributed by atoms with Gasteiger partial charge in [-0.1, -0.05) is 30.3 Å². The van der Waals surface area contributed by atoms with Crippen molar-refractivity contribution in [2.75, 3.05) is 6.54 Å². The van der Waals surface area contributed by atoms with E-state index in [0.717, 1.165) is 17.1 Å². The summed E-state index contributed by atoms with van der Waals surface area (Å²) in [5.41, 5.74) is 6.96. The second-order valence-electron chi connectivity index (χ2n) is 4.29. The van der Waals surface area contributed by atoms with E-state index in [-0.39, 0.29) is 6.04 Å². The summed E-state index contributed by atoms with van der Waals surface area (Å²) < 4.78 is 7.52. The van der Waals surface area contributed by atoms with Gasteiger partial charge in [0.15, 0.2) is 0 Å². The van der Waals surface area contributed by atoms with Crippen LogP contribution in [0.15, 0.2) is 65.5 Å². The first-order chi connectivity index (χ1) is 9.40. The molecule has 19 heavy (non-hydrogen) atoms. The normalized spacial score (nSPS) is 12.5. The monoisotopic (exact) mass is 253 g/mol. The molecule has 0 saturated heterocycles. The summed E-state index contributed by atoms with van der Waals surface area (Å²) in [6.45, 7) is 0.462. The molecule has 0 aliphatic heterocycles. The van der Waals surface area contributed by atoms with Crippen molar-refractivity contribution >= 4 is 0 Å². The van der Waals surface area contributed by atoms with Crippen molar-refractivity contribution in [3.63, 3.8) is 0 Å². The summed E-state index contributed by atoms with van der Waals surface area (Å²) in [5.74, 6) is 1.74. The van der Waals surface area contributed by atoms with Crippen molar-refractivity contribution in [2.24, 2.45) is 5.73 Å². The molecule has 3 rings (SSSR count). The van der Waals surface area contributed by atoms with Crippen LogP contribution in [0.2, 0.25) is 0 Å². The summed E-state index contributed by atoms with van der Waals surface area (Å²) in [4.78, 5) is 4.43. The van der Waals surface area contributed by atoms with Gasteiger partial charge in [0.1, 0.15) is 17.6 Å². The van der Waals surface area contributed by atoms with Crippen LogP contribution in [-0.4, -0.2) is 16.1 Å². The first kappa shape index (κ1) is 11.7. The molecule has 0 radical (unpaired) electrons. The van der Waals surface area contributed by atoms with Gasteiger partial charge >= 0.3 is 0 Å². The van der Waals surface area contributed by atoms with Crippen molar-refractivity contribution in [3.05, 3.63) is 66.9 Å². The van der Waals surface area contributed by atoms with E-state index in [4.69, 9.17) is 10.2 Å². The van der Waals surface area contributed by atoms with Crippen LogP contribution in [-0.2, 0) is 0 Å². The molecule has 4 heteroatoms. The topological polar surface area (TPSA) is 57.0 Å². The smallest absolute Gasteiger partial charge is 0.140 e. The lowest BCUT2D eigenvalue weighted by molar-refractivity contribution is 0.434. The van der Waals surface area contributed by atoms with Gasteiger partial charge in [0.2, 0.25) is 0 Å². The summed E-state index contributed by atoms with van der Waals surface area (Å²) in [6, 6.07) is 13.8. The molecule has 2 N–H and O–H groups in total. The second kappa shape index (κ2) is 5.12. The first-order valence-electron chi connectivity index (χ1n) is 6.22. The van der Waals surface area contributed by atoms with Crippen LogP contribution < -0.4 is 5.73 Å². The van der Waals surface area contributed by atoms with E-state index in [2.05, 4.69) is 4.98 Å². The van der Waals surface area contributed by atoms with Crippen molar-refractivity contribution in [2.45, 2.75) is 6.04 Å². The molecule has 96 valence electrons. The zero-order chi connectivity index (χ0) is 13.1. The van der Waals surface area contributed by atoms with Crippen LogP contribution in [0, 0.1) is 0 Å². The maximum Gasteiger partial charge on any atom is 0.140 e. The Bertz CT molecular complexity index is 628. The standard InChI is InChI=1S/C15H15N3O/c16-11-13(14-7-4-10-19-14)18-9-8-17-15(18)12-5-2-1-3-6-12/h1-10,13H,11,16H2. The zero-order valence-electron chi connectivity index (χ0n) is 10.4. The fourth-order valence-electron chi connectivity index (χ4n) is 2.22. The van der Waals surface area contributed by atoms with E-state index in [1.54, 1.807) is 12.5 Å². The third kappa shape index (κ3) is 2.18. The van der Waals surface area contributed by atoms with E-state index in [1.807, 2.05) is 53.2 Å². The van der Waals surface area contributed by atoms with E-state index in [0.29, 0.717) is 6.54 Å². The highest BCUT2D eigenvalue weighted by molar-refractivity contribution is 5.55. The Morgan fingerprint density at radius 3 is 2.68 bits per heavy atom. The van der Waals surface area contributed by atoms with Gasteiger partial charge in [-0.25, -0.2) is 4.98 Å². The molecule has 2 heterocycles. The summed E-state index contributed by atoms with van der Waals surface area (Å²) >= 11 is 0. The lowest BCUT2D eigenvalue weighted by Crippen LogP contribution is -2.20. The van der Waals surface area contributed by atoms with Gasteiger partial charge in [0, 0.05) is 24.5 Å². The Labute approximate surface area is 111 Å². The quantitative estimate of drug-likeness (QED) is 0.777. The Kier molecular flexibility index (Phi) is 3.16. The number of imidazole rings is 1. The van der Waals surface area contributed by atoms with Crippen molar-refractivity contribution in [1.29, 1.82) is 0 Å². The minimum absolute atomic E-state index is 0.0345. The molecule has 0 saturated carbocycles. The van der Waals surface area contributed by atoms with Crippen LogP contribution in [0.4, 0.5) is 0 Å². The lowest BCUT2D eigenvalue weighted by atomic mass is 10.1. The Morgan fingerprint density at radius 1 is 1.16 bits per heavy atom. The number of nitrogens with zero attached hydrogens (tertiary/aromatic N) is 2. The lowest BCUT2D eigenvalue weighted by Gasteiger charge is -2.17. The van der Waals surface area contributed by atoms with Crippen LogP contribution in [0.25, 0.3) is 11.4 Å². The van der Waals surface area contributed by atoms with Gasteiger partial charge in [-0.15, -0.1) is 0 Å². The van der Waals surface area contributed by atoms with Crippen molar-refractivity contribution in [3.8, 4) is 11.4 Å². The Morgan fingerprint density at radius 2 is 2.00 bits per heavy atom. The average molecular weight is 253 g/mol. The molecule has 3 aromatic rings. The molecule has 0 amide bonds. The van der Waals surface area contributed by atoms with Crippen LogP contribution in [0.3, 0.4) is 0 Å². The predicted molar refractivity (Wildman–Crippen MR) is 73.6 cm³/mol. The molecule has 4 nitrogen and oxygen atoms in total. The molecule has 2 aromatic heterocycles. The third-order valence-electron chi connectivity index (χ3n) is 3.13. The first-order valence-corrected chi connectivity index (χ1v) is 6.22. The van der Waals surface area contributed by atoms with Crippen molar-refractivity contribution < 1.29 is 4.42 Å². The highest BCUT2D eigenvalue weighted by Gasteiger charge is 2.18. The largest absolute Gasteiger partial charge is 0.467 e. The molecular weight excluding hydrogens is 238 g/mol. The molecule has 1 aromatic carbocycles. The van der Waals surface area contributed by atoms with Gasteiger partial charge in [0.25, 0.3) is 0 Å². The van der Waals surface area contributed by atoms with Gasteiger partial charge in [-0.3, -0.25) is 0 Å². The fourth-order valence-corrected chi connectivity index (χ4v) is 2.22. The number of aromatic nitrogens is 2. The van der Waals surface area contributed by atoms with E-state index < -0.39 is 0 Å². The van der Waals surface area contributed by atoms with Crippen LogP contribution in [0.5, 0.6) is 0 Å². The number of hydrogen-bond acceptors (Lipinski definition) is 3. The summed E-state index contributed by atoms with van der Waals surface area (Å²) in [7, 11) is 0. The average Bonchev–Trinajstić information content (AvgIpc) is 3.12. The molecule has 0 fully saturated rings. The SMILES string of the molecule is NCC(c1ccco1)n1ccnc1-c1ccccc1. The van der Waals surface area contributed by atoms with Gasteiger partial charge in [-0.2, -0.15) is 0 Å². The molecule has 1 unspecified atom stereocenters. The van der Waals surface area contributed by atoms with E-state index >= 15 is 0 Å². The molecule has 0 aliphatic rings. The van der Waals surface area contributed by atoms with Gasteiger partial charge < -0.3 is 14.7 Å². The number of furan rings is 1. The van der Waals surface area contributed by atoms with E-state index in [1.165, 1.54) is 0 Å². The van der Waals surface area contributed by atoms with Crippen LogP contribution in [0.1, 0.15) is 11.8 Å². The molecule has 0 aliphatic carbocycles. The number of rotatable bonds is 4. The highest BCUT2D eigenvalue weighted by atomic mass is 16.3. The molecule has 1 atom stereocenters. The molecule has 0 spiro atoms. The number of nitrogens with two attached hydrogens (primary N) is 1. The third-order valence-corrected chi connectivity index (χ3v) is 3.13. The van der Waals surface area contributed by atoms with Crippen molar-refractivity contribution in [1.82, 2.24) is 9.55 Å². The van der Waals surface area contributed by atoms with E-state index in [9.17, 15) is 0 Å². The minimum Gasteiger partial charge on any atom is -0.467 e. The van der Waals surface area contributed by atoms with Gasteiger partial charge in [0.05, 0.1) is 6.26 Å². The maximum atomic E-state index is 5.89. The second-order valence-corrected chi connectivity index (χ2v) is 4.29. The Balaban J connectivity index is 2.04. The summed E-state index contributed by atoms with van der Waals surface area (Å²) in [6.07, 6.45) is 5.38. The highest BCUT2D eigenvalue weighted by Crippen LogP contribution is 2.25. The Hall–Kier alpha value is -2.33. The summed E-state index contributed by atoms with van der Waals surface area (Å²) in [5, 5.41) is 0. The van der Waals surface area contributed by atoms with Gasteiger partial charge in [-0.05, 0) is 12.1 Å². The molecule has 0 bridgehead atoms. The number of benzene rings is 1. The fraction of sp³-hybridized carbons (Fsp3) is 0.133.